The van der Waals surface area contributed by atoms with Crippen molar-refractivity contribution in [2.45, 2.75) is 0 Å². The molecule has 0 saturated carbocycles. The zero-order valence-corrected chi connectivity index (χ0v) is 10.1. The van der Waals surface area contributed by atoms with E-state index in [9.17, 15) is 4.79 Å². The molecule has 2 heterocycles. The van der Waals surface area contributed by atoms with Gasteiger partial charge in [-0.25, -0.2) is 0 Å². The van der Waals surface area contributed by atoms with E-state index in [1.807, 2.05) is 35.0 Å². The van der Waals surface area contributed by atoms with E-state index in [0.717, 1.165) is 16.7 Å². The molecule has 0 saturated heterocycles. The third kappa shape index (κ3) is 1.74. The van der Waals surface area contributed by atoms with E-state index in [-0.39, 0.29) is 12.4 Å². The first-order valence-corrected chi connectivity index (χ1v) is 5.17. The van der Waals surface area contributed by atoms with Crippen LogP contribution in [0, 0.1) is 0 Å². The first kappa shape index (κ1) is 12.2. The van der Waals surface area contributed by atoms with Crippen molar-refractivity contribution in [2.24, 2.45) is 5.73 Å². The molecule has 0 spiro atoms. The van der Waals surface area contributed by atoms with E-state index in [2.05, 4.69) is 10.2 Å². The largest absolute Gasteiger partial charge is 0.366 e. The Balaban J connectivity index is 0.00000120. The van der Waals surface area contributed by atoms with Crippen LogP contribution in [0.1, 0.15) is 10.4 Å². The SMILES string of the molecule is Cl.NC(=O)c1cccc2ccn(-c3ccn[nH]3)c12. The van der Waals surface area contributed by atoms with Gasteiger partial charge in [0.25, 0.3) is 5.91 Å². The number of para-hydroxylation sites is 1. The van der Waals surface area contributed by atoms with E-state index in [4.69, 9.17) is 5.73 Å². The number of fused-ring (bicyclic) bond motifs is 1. The molecule has 2 aromatic heterocycles. The normalized spacial score (nSPS) is 10.2. The predicted octanol–water partition coefficient (Wildman–Crippen LogP) is 1.87. The average Bonchev–Trinajstić information content (AvgIpc) is 2.96. The maximum atomic E-state index is 11.4. The molecule has 6 heteroatoms. The van der Waals surface area contributed by atoms with Crippen molar-refractivity contribution in [1.82, 2.24) is 14.8 Å². The number of nitrogens with two attached hydrogens (primary N) is 1. The predicted molar refractivity (Wildman–Crippen MR) is 71.2 cm³/mol. The fourth-order valence-corrected chi connectivity index (χ4v) is 1.98. The number of H-pyrrole nitrogens is 1. The molecule has 3 aromatic rings. The molecule has 0 radical (unpaired) electrons. The van der Waals surface area contributed by atoms with Crippen molar-refractivity contribution in [2.75, 3.05) is 0 Å². The Bertz CT molecular complexity index is 687. The van der Waals surface area contributed by atoms with Crippen molar-refractivity contribution >= 4 is 29.2 Å². The van der Waals surface area contributed by atoms with Gasteiger partial charge in [-0.1, -0.05) is 12.1 Å². The number of halogens is 1. The third-order valence-corrected chi connectivity index (χ3v) is 2.72. The van der Waals surface area contributed by atoms with Gasteiger partial charge in [0, 0.05) is 17.6 Å². The maximum absolute atomic E-state index is 11.4. The van der Waals surface area contributed by atoms with Gasteiger partial charge in [-0.3, -0.25) is 9.89 Å². The highest BCUT2D eigenvalue weighted by Gasteiger charge is 2.11. The molecule has 0 fully saturated rings. The van der Waals surface area contributed by atoms with Crippen molar-refractivity contribution in [3.05, 3.63) is 48.3 Å². The molecular formula is C12H11ClN4O. The van der Waals surface area contributed by atoms with Gasteiger partial charge in [0.2, 0.25) is 0 Å². The van der Waals surface area contributed by atoms with Gasteiger partial charge in [-0.05, 0) is 12.1 Å². The molecular weight excluding hydrogens is 252 g/mol. The van der Waals surface area contributed by atoms with E-state index in [0.29, 0.717) is 5.56 Å². The Labute approximate surface area is 109 Å². The Kier molecular flexibility index (Phi) is 3.08. The molecule has 0 unspecified atom stereocenters. The number of nitrogens with zero attached hydrogens (tertiary/aromatic N) is 2. The molecule has 18 heavy (non-hydrogen) atoms. The quantitative estimate of drug-likeness (QED) is 0.740. The van der Waals surface area contributed by atoms with Gasteiger partial charge in [0.1, 0.15) is 5.82 Å². The minimum absolute atomic E-state index is 0. The van der Waals surface area contributed by atoms with E-state index >= 15 is 0 Å². The van der Waals surface area contributed by atoms with Crippen LogP contribution in [0.2, 0.25) is 0 Å². The van der Waals surface area contributed by atoms with Crippen molar-refractivity contribution < 1.29 is 4.79 Å². The summed E-state index contributed by atoms with van der Waals surface area (Å²) in [6, 6.07) is 9.24. The smallest absolute Gasteiger partial charge is 0.250 e. The topological polar surface area (TPSA) is 76.7 Å². The number of carbonyl (C=O) groups excluding carboxylic acids is 1. The fourth-order valence-electron chi connectivity index (χ4n) is 1.98. The van der Waals surface area contributed by atoms with Gasteiger partial charge >= 0.3 is 0 Å². The summed E-state index contributed by atoms with van der Waals surface area (Å²) in [6.45, 7) is 0. The fraction of sp³-hybridized carbons (Fsp3) is 0. The number of rotatable bonds is 2. The number of aromatic amines is 1. The van der Waals surface area contributed by atoms with Crippen molar-refractivity contribution in [1.29, 1.82) is 0 Å². The standard InChI is InChI=1S/C12H10N4O.ClH/c13-12(17)9-3-1-2-8-5-7-16(11(8)9)10-4-6-14-15-10;/h1-7H,(H2,13,17)(H,14,15);1H. The van der Waals surface area contributed by atoms with Crippen LogP contribution in [0.4, 0.5) is 0 Å². The van der Waals surface area contributed by atoms with E-state index < -0.39 is 5.91 Å². The first-order chi connectivity index (χ1) is 8.27. The number of aromatic nitrogens is 3. The molecule has 92 valence electrons. The zero-order chi connectivity index (χ0) is 11.8. The summed E-state index contributed by atoms with van der Waals surface area (Å²) in [5.41, 5.74) is 6.68. The molecule has 0 aliphatic carbocycles. The maximum Gasteiger partial charge on any atom is 0.250 e. The summed E-state index contributed by atoms with van der Waals surface area (Å²) >= 11 is 0. The van der Waals surface area contributed by atoms with Gasteiger partial charge in [0.15, 0.2) is 0 Å². The summed E-state index contributed by atoms with van der Waals surface area (Å²) in [7, 11) is 0. The second-order valence-corrected chi connectivity index (χ2v) is 3.74. The van der Waals surface area contributed by atoms with Crippen LogP contribution < -0.4 is 5.73 Å². The Morgan fingerprint density at radius 1 is 1.28 bits per heavy atom. The van der Waals surface area contributed by atoms with Crippen molar-refractivity contribution in [3.8, 4) is 5.82 Å². The van der Waals surface area contributed by atoms with E-state index in [1.54, 1.807) is 12.3 Å². The minimum Gasteiger partial charge on any atom is -0.366 e. The lowest BCUT2D eigenvalue weighted by molar-refractivity contribution is 0.100. The Hall–Kier alpha value is -2.27. The average molecular weight is 263 g/mol. The number of nitrogens with one attached hydrogen (secondary N) is 1. The molecule has 0 atom stereocenters. The highest BCUT2D eigenvalue weighted by molar-refractivity contribution is 6.05. The lowest BCUT2D eigenvalue weighted by Crippen LogP contribution is -2.12. The second kappa shape index (κ2) is 4.54. The van der Waals surface area contributed by atoms with Crippen LogP contribution in [-0.2, 0) is 0 Å². The number of amides is 1. The zero-order valence-electron chi connectivity index (χ0n) is 9.33. The Morgan fingerprint density at radius 3 is 2.78 bits per heavy atom. The highest BCUT2D eigenvalue weighted by atomic mass is 35.5. The minimum atomic E-state index is -0.435. The molecule has 0 bridgehead atoms. The van der Waals surface area contributed by atoms with Crippen LogP contribution in [0.5, 0.6) is 0 Å². The molecule has 3 N–H and O–H groups in total. The monoisotopic (exact) mass is 262 g/mol. The van der Waals surface area contributed by atoms with Crippen LogP contribution in [-0.4, -0.2) is 20.7 Å². The summed E-state index contributed by atoms with van der Waals surface area (Å²) in [5, 5.41) is 7.72. The molecule has 0 aliphatic heterocycles. The summed E-state index contributed by atoms with van der Waals surface area (Å²) in [6.07, 6.45) is 3.54. The number of primary amides is 1. The van der Waals surface area contributed by atoms with Gasteiger partial charge in [0.05, 0.1) is 17.3 Å². The molecule has 0 aliphatic rings. The third-order valence-electron chi connectivity index (χ3n) is 2.72. The van der Waals surface area contributed by atoms with Crippen LogP contribution in [0.25, 0.3) is 16.7 Å². The van der Waals surface area contributed by atoms with E-state index in [1.165, 1.54) is 0 Å². The molecule has 5 nitrogen and oxygen atoms in total. The number of benzene rings is 1. The molecule has 3 rings (SSSR count). The van der Waals surface area contributed by atoms with Crippen molar-refractivity contribution in [3.63, 3.8) is 0 Å². The van der Waals surface area contributed by atoms with Crippen LogP contribution >= 0.6 is 12.4 Å². The lowest BCUT2D eigenvalue weighted by Gasteiger charge is -2.05. The summed E-state index contributed by atoms with van der Waals surface area (Å²) in [4.78, 5) is 11.4. The van der Waals surface area contributed by atoms with Crippen LogP contribution in [0.3, 0.4) is 0 Å². The van der Waals surface area contributed by atoms with Crippen LogP contribution in [0.15, 0.2) is 42.7 Å². The lowest BCUT2D eigenvalue weighted by atomic mass is 10.1. The van der Waals surface area contributed by atoms with Gasteiger partial charge in [-0.2, -0.15) is 5.10 Å². The Morgan fingerprint density at radius 2 is 2.11 bits per heavy atom. The summed E-state index contributed by atoms with van der Waals surface area (Å²) in [5.74, 6) is 0.365. The van der Waals surface area contributed by atoms with Gasteiger partial charge in [-0.15, -0.1) is 12.4 Å². The second-order valence-electron chi connectivity index (χ2n) is 3.74. The highest BCUT2D eigenvalue weighted by Crippen LogP contribution is 2.22. The molecule has 1 amide bonds. The van der Waals surface area contributed by atoms with Gasteiger partial charge < -0.3 is 10.3 Å². The first-order valence-electron chi connectivity index (χ1n) is 5.17. The number of carbonyl (C=O) groups is 1. The number of hydrogen-bond acceptors (Lipinski definition) is 2. The summed E-state index contributed by atoms with van der Waals surface area (Å²) < 4.78 is 1.86. The number of hydrogen-bond donors (Lipinski definition) is 2. The molecule has 1 aromatic carbocycles.